The van der Waals surface area contributed by atoms with Crippen LogP contribution in [0, 0.1) is 0 Å². The summed E-state index contributed by atoms with van der Waals surface area (Å²) in [5.41, 5.74) is 4.43. The Morgan fingerprint density at radius 1 is 1.05 bits per heavy atom. The van der Waals surface area contributed by atoms with E-state index in [-0.39, 0.29) is 0 Å². The molecule has 0 aliphatic rings. The van der Waals surface area contributed by atoms with Gasteiger partial charge in [-0.15, -0.1) is 0 Å². The van der Waals surface area contributed by atoms with Gasteiger partial charge in [0, 0.05) is 30.1 Å². The van der Waals surface area contributed by atoms with Gasteiger partial charge in [0.2, 0.25) is 0 Å². The molecule has 0 fully saturated rings. The quantitative estimate of drug-likeness (QED) is 0.483. The maximum Gasteiger partial charge on any atom is 0.0659 e. The third-order valence-corrected chi connectivity index (χ3v) is 2.13. The Balaban J connectivity index is -0.000000739. The van der Waals surface area contributed by atoms with E-state index in [1.54, 1.807) is 6.08 Å². The number of hydrogen-bond acceptors (Lipinski definition) is 2. The molecule has 0 radical (unpaired) electrons. The smallest absolute Gasteiger partial charge is 0.0659 e. The fourth-order valence-corrected chi connectivity index (χ4v) is 1.31. The number of nitrogens with zero attached hydrogens (tertiary/aromatic N) is 1. The molecule has 0 atom stereocenters. The maximum atomic E-state index is 4.45. The summed E-state index contributed by atoms with van der Waals surface area (Å²) in [6.45, 7) is 25.6. The zero-order valence-electron chi connectivity index (χ0n) is 15.3. The Kier molecular flexibility index (Phi) is 18.7. The summed E-state index contributed by atoms with van der Waals surface area (Å²) in [6.07, 6.45) is 5.51. The van der Waals surface area contributed by atoms with Crippen molar-refractivity contribution in [2.24, 2.45) is 4.99 Å². The van der Waals surface area contributed by atoms with Gasteiger partial charge in [0.25, 0.3) is 0 Å². The van der Waals surface area contributed by atoms with Crippen LogP contribution in [0.4, 0.5) is 0 Å². The molecule has 120 valence electrons. The summed E-state index contributed by atoms with van der Waals surface area (Å²) in [7, 11) is 1.84. The van der Waals surface area contributed by atoms with Crippen LogP contribution in [0.2, 0.25) is 0 Å². The largest absolute Gasteiger partial charge is 0.393 e. The van der Waals surface area contributed by atoms with Crippen LogP contribution in [0.15, 0.2) is 65.5 Å². The predicted octanol–water partition coefficient (Wildman–Crippen LogP) is 5.83. The highest BCUT2D eigenvalue weighted by atomic mass is 14.8. The molecule has 0 saturated heterocycles. The van der Waals surface area contributed by atoms with Gasteiger partial charge in [-0.2, -0.15) is 0 Å². The Bertz CT molecular complexity index is 403. The van der Waals surface area contributed by atoms with Crippen molar-refractivity contribution in [2.75, 3.05) is 7.05 Å². The van der Waals surface area contributed by atoms with Crippen molar-refractivity contribution in [2.45, 2.75) is 48.5 Å². The Morgan fingerprint density at radius 2 is 1.52 bits per heavy atom. The lowest BCUT2D eigenvalue weighted by molar-refractivity contribution is 1.08. The first-order valence-electron chi connectivity index (χ1n) is 7.54. The molecule has 0 bridgehead atoms. The second-order valence-electron chi connectivity index (χ2n) is 3.79. The third-order valence-electron chi connectivity index (χ3n) is 2.13. The summed E-state index contributed by atoms with van der Waals surface area (Å²) >= 11 is 0. The molecule has 1 N–H and O–H groups in total. The highest BCUT2D eigenvalue weighted by Gasteiger charge is 2.08. The Labute approximate surface area is 132 Å². The lowest BCUT2D eigenvalue weighted by Crippen LogP contribution is -2.01. The summed E-state index contributed by atoms with van der Waals surface area (Å²) in [6, 6.07) is 0. The maximum absolute atomic E-state index is 4.45. The SMILES string of the molecule is C=CC(=C)/C(=C/NC)C(=C)/C(=C/C)N=C(C)C.CC.CC. The van der Waals surface area contributed by atoms with Crippen molar-refractivity contribution in [1.29, 1.82) is 0 Å². The van der Waals surface area contributed by atoms with Crippen molar-refractivity contribution in [3.8, 4) is 0 Å². The predicted molar refractivity (Wildman–Crippen MR) is 101 cm³/mol. The minimum Gasteiger partial charge on any atom is -0.393 e. The summed E-state index contributed by atoms with van der Waals surface area (Å²) in [5, 5.41) is 2.99. The third kappa shape index (κ3) is 10.6. The van der Waals surface area contributed by atoms with E-state index in [1.165, 1.54) is 0 Å². The Hall–Kier alpha value is -1.83. The fraction of sp³-hybridized carbons (Fsp3) is 0.421. The number of rotatable bonds is 6. The van der Waals surface area contributed by atoms with E-state index in [4.69, 9.17) is 0 Å². The standard InChI is InChI=1S/C15H22N2.2C2H6/c1-8-12(5)14(10-16-7)13(6)15(9-2)17-11(3)4;2*1-2/h8-10,16H,1,5-6H2,2-4,7H3;2*1-2H3/b14-10-,15-9-;;. The zero-order valence-corrected chi connectivity index (χ0v) is 15.3. The normalized spacial score (nSPS) is 10.1. The molecule has 0 aliphatic carbocycles. The van der Waals surface area contributed by atoms with Crippen molar-refractivity contribution in [1.82, 2.24) is 5.32 Å². The van der Waals surface area contributed by atoms with Gasteiger partial charge >= 0.3 is 0 Å². The van der Waals surface area contributed by atoms with Crippen LogP contribution >= 0.6 is 0 Å². The molecular weight excluding hydrogens is 256 g/mol. The first-order valence-corrected chi connectivity index (χ1v) is 7.54. The van der Waals surface area contributed by atoms with Gasteiger partial charge in [0.05, 0.1) is 5.70 Å². The molecular formula is C19H34N2. The van der Waals surface area contributed by atoms with Gasteiger partial charge in [0.15, 0.2) is 0 Å². The van der Waals surface area contributed by atoms with E-state index < -0.39 is 0 Å². The van der Waals surface area contributed by atoms with E-state index in [1.807, 2.05) is 67.8 Å². The van der Waals surface area contributed by atoms with Gasteiger partial charge in [-0.25, -0.2) is 0 Å². The van der Waals surface area contributed by atoms with Crippen LogP contribution in [0.3, 0.4) is 0 Å². The number of nitrogens with one attached hydrogen (secondary N) is 1. The lowest BCUT2D eigenvalue weighted by Gasteiger charge is -2.12. The molecule has 0 heterocycles. The highest BCUT2D eigenvalue weighted by Crippen LogP contribution is 2.24. The number of hydrogen-bond donors (Lipinski definition) is 1. The van der Waals surface area contributed by atoms with Crippen molar-refractivity contribution in [3.05, 3.63) is 60.5 Å². The van der Waals surface area contributed by atoms with E-state index >= 15 is 0 Å². The van der Waals surface area contributed by atoms with Crippen molar-refractivity contribution >= 4 is 5.71 Å². The van der Waals surface area contributed by atoms with Crippen LogP contribution in [-0.4, -0.2) is 12.8 Å². The lowest BCUT2D eigenvalue weighted by atomic mass is 9.98. The van der Waals surface area contributed by atoms with E-state index in [0.29, 0.717) is 0 Å². The average Bonchev–Trinajstić information content (AvgIpc) is 2.52. The number of aliphatic imine (C=N–C) groups is 1. The molecule has 0 aromatic rings. The molecule has 0 aliphatic heterocycles. The van der Waals surface area contributed by atoms with Gasteiger partial charge in [0.1, 0.15) is 0 Å². The summed E-state index contributed by atoms with van der Waals surface area (Å²) < 4.78 is 0. The molecule has 0 unspecified atom stereocenters. The fourth-order valence-electron chi connectivity index (χ4n) is 1.31. The molecule has 0 aromatic carbocycles. The van der Waals surface area contributed by atoms with E-state index in [0.717, 1.165) is 28.1 Å². The monoisotopic (exact) mass is 290 g/mol. The molecule has 0 aromatic heterocycles. The van der Waals surface area contributed by atoms with Crippen LogP contribution in [0.25, 0.3) is 0 Å². The average molecular weight is 290 g/mol. The summed E-state index contributed by atoms with van der Waals surface area (Å²) in [5.74, 6) is 0. The first kappa shape index (κ1) is 24.2. The molecule has 2 nitrogen and oxygen atoms in total. The molecule has 0 spiro atoms. The van der Waals surface area contributed by atoms with E-state index in [2.05, 4.69) is 30.0 Å². The van der Waals surface area contributed by atoms with Crippen molar-refractivity contribution in [3.63, 3.8) is 0 Å². The van der Waals surface area contributed by atoms with Crippen molar-refractivity contribution < 1.29 is 0 Å². The van der Waals surface area contributed by atoms with Crippen LogP contribution in [-0.2, 0) is 0 Å². The van der Waals surface area contributed by atoms with Crippen LogP contribution in [0.5, 0.6) is 0 Å². The molecule has 2 heteroatoms. The zero-order chi connectivity index (χ0) is 17.4. The topological polar surface area (TPSA) is 24.4 Å². The summed E-state index contributed by atoms with van der Waals surface area (Å²) in [4.78, 5) is 4.45. The van der Waals surface area contributed by atoms with E-state index in [9.17, 15) is 0 Å². The van der Waals surface area contributed by atoms with Gasteiger partial charge in [-0.05, 0) is 26.3 Å². The van der Waals surface area contributed by atoms with Gasteiger partial charge < -0.3 is 5.32 Å². The molecule has 0 saturated carbocycles. The molecule has 0 amide bonds. The van der Waals surface area contributed by atoms with Gasteiger partial charge in [-0.3, -0.25) is 4.99 Å². The van der Waals surface area contributed by atoms with Crippen LogP contribution in [0.1, 0.15) is 48.5 Å². The Morgan fingerprint density at radius 3 is 1.81 bits per heavy atom. The first-order chi connectivity index (χ1) is 9.97. The van der Waals surface area contributed by atoms with Gasteiger partial charge in [-0.1, -0.05) is 59.6 Å². The molecule has 0 rings (SSSR count). The minimum absolute atomic E-state index is 0.827. The second-order valence-corrected chi connectivity index (χ2v) is 3.79. The minimum atomic E-state index is 0.827. The number of allylic oxidation sites excluding steroid dienone is 4. The van der Waals surface area contributed by atoms with Crippen LogP contribution < -0.4 is 5.32 Å². The highest BCUT2D eigenvalue weighted by molar-refractivity contribution is 5.81. The second kappa shape index (κ2) is 16.2. The molecule has 21 heavy (non-hydrogen) atoms.